The molecule has 6 heteroatoms. The van der Waals surface area contributed by atoms with Crippen molar-refractivity contribution in [1.82, 2.24) is 13.7 Å². The second-order valence-electron chi connectivity index (χ2n) is 3.85. The van der Waals surface area contributed by atoms with Gasteiger partial charge in [-0.15, -0.1) is 6.58 Å². The van der Waals surface area contributed by atoms with Crippen LogP contribution in [0.4, 0.5) is 0 Å². The van der Waals surface area contributed by atoms with E-state index in [-0.39, 0.29) is 13.1 Å². The zero-order chi connectivity index (χ0) is 13.2. The Balaban J connectivity index is 3.68. The van der Waals surface area contributed by atoms with E-state index in [9.17, 15) is 14.4 Å². The first-order valence-corrected chi connectivity index (χ1v) is 5.06. The van der Waals surface area contributed by atoms with Gasteiger partial charge in [-0.1, -0.05) is 18.2 Å². The third kappa shape index (κ3) is 2.35. The summed E-state index contributed by atoms with van der Waals surface area (Å²) in [6.07, 6.45) is 1.43. The highest BCUT2D eigenvalue weighted by Crippen LogP contribution is 1.87. The van der Waals surface area contributed by atoms with Crippen LogP contribution in [0.1, 0.15) is 6.92 Å². The number of hydrogen-bond acceptors (Lipinski definition) is 3. The maximum atomic E-state index is 11.9. The Kier molecular flexibility index (Phi) is 3.67. The van der Waals surface area contributed by atoms with Crippen molar-refractivity contribution in [3.8, 4) is 0 Å². The highest BCUT2D eigenvalue weighted by molar-refractivity contribution is 4.91. The summed E-state index contributed by atoms with van der Waals surface area (Å²) in [4.78, 5) is 35.3. The molecule has 0 bridgehead atoms. The van der Waals surface area contributed by atoms with Gasteiger partial charge in [-0.2, -0.15) is 0 Å². The quantitative estimate of drug-likeness (QED) is 0.661. The summed E-state index contributed by atoms with van der Waals surface area (Å²) >= 11 is 0. The van der Waals surface area contributed by atoms with E-state index in [2.05, 4.69) is 13.2 Å². The molecule has 0 spiro atoms. The lowest BCUT2D eigenvalue weighted by Gasteiger charge is -2.10. The second-order valence-corrected chi connectivity index (χ2v) is 3.85. The summed E-state index contributed by atoms with van der Waals surface area (Å²) in [6, 6.07) is 0. The fourth-order valence-electron chi connectivity index (χ4n) is 1.44. The topological polar surface area (TPSA) is 66.0 Å². The van der Waals surface area contributed by atoms with Crippen LogP contribution < -0.4 is 17.1 Å². The van der Waals surface area contributed by atoms with Crippen LogP contribution in [0.3, 0.4) is 0 Å². The number of rotatable bonds is 4. The molecule has 0 aliphatic heterocycles. The van der Waals surface area contributed by atoms with Crippen LogP contribution in [-0.4, -0.2) is 13.7 Å². The van der Waals surface area contributed by atoms with Gasteiger partial charge in [-0.3, -0.25) is 0 Å². The summed E-state index contributed by atoms with van der Waals surface area (Å²) < 4.78 is 2.83. The highest BCUT2D eigenvalue weighted by Gasteiger charge is 2.11. The first-order chi connectivity index (χ1) is 7.90. The fourth-order valence-corrected chi connectivity index (χ4v) is 1.44. The van der Waals surface area contributed by atoms with E-state index in [0.717, 1.165) is 13.7 Å². The number of aromatic nitrogens is 3. The molecule has 0 saturated carbocycles. The molecule has 0 aromatic carbocycles. The molecule has 0 aliphatic carbocycles. The average Bonchev–Trinajstić information content (AvgIpc) is 2.27. The zero-order valence-corrected chi connectivity index (χ0v) is 9.97. The molecular weight excluding hydrogens is 222 g/mol. The Bertz CT molecular complexity index is 631. The van der Waals surface area contributed by atoms with Gasteiger partial charge in [0.05, 0.1) is 13.1 Å². The monoisotopic (exact) mass is 237 g/mol. The van der Waals surface area contributed by atoms with E-state index < -0.39 is 17.1 Å². The average molecular weight is 237 g/mol. The zero-order valence-electron chi connectivity index (χ0n) is 9.97. The summed E-state index contributed by atoms with van der Waals surface area (Å²) in [5.41, 5.74) is -1.25. The highest BCUT2D eigenvalue weighted by atomic mass is 16.2. The summed E-state index contributed by atoms with van der Waals surface area (Å²) in [6.45, 7) is 8.99. The molecule has 0 atom stereocenters. The molecule has 0 unspecified atom stereocenters. The Hall–Kier alpha value is -2.11. The van der Waals surface area contributed by atoms with Gasteiger partial charge < -0.3 is 0 Å². The standard InChI is InChI=1S/C11H15N3O3/c1-5-6-13-9(15)12(4)10(16)14(11(13)17)7-8(2)3/h5H,1-2,6-7H2,3-4H3. The van der Waals surface area contributed by atoms with Crippen molar-refractivity contribution in [3.63, 3.8) is 0 Å². The van der Waals surface area contributed by atoms with Crippen molar-refractivity contribution in [1.29, 1.82) is 0 Å². The van der Waals surface area contributed by atoms with Crippen molar-refractivity contribution >= 4 is 0 Å². The van der Waals surface area contributed by atoms with E-state index in [4.69, 9.17) is 0 Å². The van der Waals surface area contributed by atoms with E-state index in [1.807, 2.05) is 0 Å². The van der Waals surface area contributed by atoms with Crippen molar-refractivity contribution in [2.24, 2.45) is 7.05 Å². The van der Waals surface area contributed by atoms with E-state index in [1.54, 1.807) is 6.92 Å². The second kappa shape index (κ2) is 4.82. The molecule has 0 fully saturated rings. The van der Waals surface area contributed by atoms with Crippen molar-refractivity contribution < 1.29 is 0 Å². The predicted octanol–water partition coefficient (Wildman–Crippen LogP) is -0.529. The Morgan fingerprint density at radius 3 is 2.18 bits per heavy atom. The smallest absolute Gasteiger partial charge is 0.248 e. The largest absolute Gasteiger partial charge is 0.336 e. The van der Waals surface area contributed by atoms with Crippen molar-refractivity contribution in [2.75, 3.05) is 0 Å². The van der Waals surface area contributed by atoms with Crippen molar-refractivity contribution in [3.05, 3.63) is 56.3 Å². The van der Waals surface area contributed by atoms with Crippen LogP contribution in [0.2, 0.25) is 0 Å². The normalized spacial score (nSPS) is 10.2. The Morgan fingerprint density at radius 2 is 1.71 bits per heavy atom. The molecule has 1 heterocycles. The van der Waals surface area contributed by atoms with Crippen LogP contribution >= 0.6 is 0 Å². The minimum atomic E-state index is -0.641. The summed E-state index contributed by atoms with van der Waals surface area (Å²) in [5, 5.41) is 0. The van der Waals surface area contributed by atoms with Crippen LogP contribution in [0.5, 0.6) is 0 Å². The first-order valence-electron chi connectivity index (χ1n) is 5.06. The lowest BCUT2D eigenvalue weighted by Crippen LogP contribution is -2.53. The molecule has 17 heavy (non-hydrogen) atoms. The van der Waals surface area contributed by atoms with Gasteiger partial charge in [0.25, 0.3) is 0 Å². The van der Waals surface area contributed by atoms with Gasteiger partial charge in [-0.05, 0) is 6.92 Å². The van der Waals surface area contributed by atoms with Crippen LogP contribution in [-0.2, 0) is 20.1 Å². The molecule has 1 rings (SSSR count). The van der Waals surface area contributed by atoms with E-state index in [1.165, 1.54) is 13.1 Å². The summed E-state index contributed by atoms with van der Waals surface area (Å²) in [5.74, 6) is 0. The summed E-state index contributed by atoms with van der Waals surface area (Å²) in [7, 11) is 1.33. The number of nitrogens with zero attached hydrogens (tertiary/aromatic N) is 3. The van der Waals surface area contributed by atoms with Crippen LogP contribution in [0.25, 0.3) is 0 Å². The van der Waals surface area contributed by atoms with Gasteiger partial charge in [0.15, 0.2) is 0 Å². The fraction of sp³-hybridized carbons (Fsp3) is 0.364. The Labute approximate surface area is 97.7 Å². The molecule has 0 saturated heterocycles. The van der Waals surface area contributed by atoms with E-state index >= 15 is 0 Å². The molecule has 1 aromatic heterocycles. The number of allylic oxidation sites excluding steroid dienone is 2. The lowest BCUT2D eigenvalue weighted by atomic mass is 10.3. The Morgan fingerprint density at radius 1 is 1.18 bits per heavy atom. The maximum Gasteiger partial charge on any atom is 0.336 e. The van der Waals surface area contributed by atoms with Gasteiger partial charge in [0.1, 0.15) is 0 Å². The third-order valence-electron chi connectivity index (χ3n) is 2.24. The first kappa shape index (κ1) is 13.0. The molecule has 0 radical (unpaired) electrons. The van der Waals surface area contributed by atoms with Crippen LogP contribution in [0, 0.1) is 0 Å². The van der Waals surface area contributed by atoms with E-state index in [0.29, 0.717) is 5.57 Å². The number of hydrogen-bond donors (Lipinski definition) is 0. The van der Waals surface area contributed by atoms with Crippen LogP contribution in [0.15, 0.2) is 39.2 Å². The molecule has 0 aliphatic rings. The van der Waals surface area contributed by atoms with Gasteiger partial charge in [-0.25, -0.2) is 28.1 Å². The minimum Gasteiger partial charge on any atom is -0.248 e. The molecule has 92 valence electrons. The molecule has 6 nitrogen and oxygen atoms in total. The molecular formula is C11H15N3O3. The SMILES string of the molecule is C=CCn1c(=O)n(C)c(=O)n(CC(=C)C)c1=O. The predicted molar refractivity (Wildman–Crippen MR) is 65.2 cm³/mol. The van der Waals surface area contributed by atoms with Gasteiger partial charge >= 0.3 is 17.1 Å². The molecule has 0 N–H and O–H groups in total. The minimum absolute atomic E-state index is 0.0714. The van der Waals surface area contributed by atoms with Crippen molar-refractivity contribution in [2.45, 2.75) is 20.0 Å². The van der Waals surface area contributed by atoms with Gasteiger partial charge in [0.2, 0.25) is 0 Å². The lowest BCUT2D eigenvalue weighted by molar-refractivity contribution is 0.510. The molecule has 1 aromatic rings. The van der Waals surface area contributed by atoms with Gasteiger partial charge in [0, 0.05) is 7.05 Å². The molecule has 0 amide bonds. The third-order valence-corrected chi connectivity index (χ3v) is 2.24. The maximum absolute atomic E-state index is 11.9.